The molecule has 0 bridgehead atoms. The molecule has 11 nitrogen and oxygen atoms in total. The van der Waals surface area contributed by atoms with Gasteiger partial charge in [-0.1, -0.05) is 218 Å². The normalized spacial score (nSPS) is 13.2. The number of carboxylic acid groups (broad SMARTS) is 1. The summed E-state index contributed by atoms with van der Waals surface area (Å²) in [6, 6.07) is 0. The zero-order chi connectivity index (χ0) is 53.5. The minimum atomic E-state index is -4.62. The molecule has 0 aromatic rings. The molecule has 2 atom stereocenters. The second-order valence-electron chi connectivity index (χ2n) is 21.1. The van der Waals surface area contributed by atoms with Gasteiger partial charge in [-0.3, -0.25) is 18.9 Å². The van der Waals surface area contributed by atoms with E-state index in [0.717, 1.165) is 77.0 Å². The van der Waals surface area contributed by atoms with E-state index in [1.807, 2.05) is 21.1 Å². The van der Waals surface area contributed by atoms with E-state index in [1.165, 1.54) is 154 Å². The molecule has 0 aromatic heterocycles. The average Bonchev–Trinajstić information content (AvgIpc) is 3.33. The third kappa shape index (κ3) is 62.0. The molecule has 0 saturated carbocycles. The molecular weight excluding hydrogens is 926 g/mol. The Labute approximate surface area is 443 Å². The van der Waals surface area contributed by atoms with Crippen molar-refractivity contribution in [3.05, 3.63) is 36.5 Å². The van der Waals surface area contributed by atoms with Crippen molar-refractivity contribution in [2.45, 2.75) is 284 Å². The summed E-state index contributed by atoms with van der Waals surface area (Å²) in [4.78, 5) is 47.8. The van der Waals surface area contributed by atoms with Crippen LogP contribution in [-0.4, -0.2) is 81.1 Å². The lowest BCUT2D eigenvalue weighted by Gasteiger charge is -2.28. The van der Waals surface area contributed by atoms with Gasteiger partial charge in [-0.2, -0.15) is 0 Å². The van der Waals surface area contributed by atoms with Crippen molar-refractivity contribution >= 4 is 25.7 Å². The highest BCUT2D eigenvalue weighted by Crippen LogP contribution is 2.38. The fourth-order valence-corrected chi connectivity index (χ4v) is 8.70. The van der Waals surface area contributed by atoms with E-state index >= 15 is 0 Å². The van der Waals surface area contributed by atoms with E-state index in [9.17, 15) is 23.8 Å². The lowest BCUT2D eigenvalue weighted by Crippen LogP contribution is -2.37. The number of likely N-dealkylation sites (N-methyl/N-ethyl adjacent to an activating group) is 1. The van der Waals surface area contributed by atoms with Crippen LogP contribution in [0.15, 0.2) is 36.5 Å². The van der Waals surface area contributed by atoms with Gasteiger partial charge in [0, 0.05) is 19.3 Å². The number of unbranched alkanes of at least 4 members (excludes halogenated alkanes) is 31. The summed E-state index contributed by atoms with van der Waals surface area (Å²) in [5, 5.41) is 8.50. The molecule has 424 valence electrons. The Morgan fingerprint density at radius 3 is 1.24 bits per heavy atom. The van der Waals surface area contributed by atoms with Crippen LogP contribution in [0.5, 0.6) is 0 Å². The number of hydrogen-bond donors (Lipinski definition) is 1. The summed E-state index contributed by atoms with van der Waals surface area (Å²) in [6.07, 6.45) is 57.4. The standard InChI is InChI=1S/C42H82NO8P.C18H32O2/c1-6-8-10-12-14-16-18-20-21-23-25-27-29-31-33-35-42(45)51-40(39-50-52(46,47)49-37-36-43(3,4)5)38-48-41(44)34-32-30-28-26-24-22-19-17-15-13-11-9-7-2;1-2-3-4-5-6-7-8-9-10-11-12-13-14-15-16-17-18(19)20/h20-21,40H,6-19,22-39H2,1-5H3;6-7,9-10H,2-5,8,11-17H2,1H3,(H,19,20)/b21-20+;7-6+,10-9+. The van der Waals surface area contributed by atoms with Crippen LogP contribution in [0.2, 0.25) is 0 Å². The summed E-state index contributed by atoms with van der Waals surface area (Å²) in [5.41, 5.74) is 0. The van der Waals surface area contributed by atoms with Gasteiger partial charge in [-0.05, 0) is 77.0 Å². The second-order valence-corrected chi connectivity index (χ2v) is 22.5. The van der Waals surface area contributed by atoms with E-state index in [4.69, 9.17) is 23.6 Å². The number of phosphoric ester groups is 1. The topological polar surface area (TPSA) is 148 Å². The molecule has 0 spiro atoms. The first-order valence-electron chi connectivity index (χ1n) is 29.7. The van der Waals surface area contributed by atoms with Crippen LogP contribution in [-0.2, 0) is 37.5 Å². The van der Waals surface area contributed by atoms with Gasteiger partial charge < -0.3 is 33.0 Å². The Balaban J connectivity index is 0. The van der Waals surface area contributed by atoms with Crippen LogP contribution in [0.1, 0.15) is 278 Å². The highest BCUT2D eigenvalue weighted by atomic mass is 31.2. The monoisotopic (exact) mass is 1040 g/mol. The van der Waals surface area contributed by atoms with Gasteiger partial charge >= 0.3 is 17.9 Å². The third-order valence-corrected chi connectivity index (χ3v) is 13.6. The molecule has 0 radical (unpaired) electrons. The number of nitrogens with zero attached hydrogens (tertiary/aromatic N) is 1. The number of phosphoric acid groups is 1. The number of carbonyl (C=O) groups excluding carboxylic acids is 2. The van der Waals surface area contributed by atoms with E-state index in [0.29, 0.717) is 23.9 Å². The fraction of sp³-hybridized carbons (Fsp3) is 0.850. The smallest absolute Gasteiger partial charge is 0.306 e. The van der Waals surface area contributed by atoms with Crippen molar-refractivity contribution < 1.29 is 52.0 Å². The Hall–Kier alpha value is -2.30. The van der Waals surface area contributed by atoms with Crippen molar-refractivity contribution in [3.63, 3.8) is 0 Å². The first-order valence-corrected chi connectivity index (χ1v) is 31.1. The molecule has 72 heavy (non-hydrogen) atoms. The maximum absolute atomic E-state index is 12.6. The summed E-state index contributed by atoms with van der Waals surface area (Å²) in [5.74, 6) is -1.51. The van der Waals surface area contributed by atoms with Crippen molar-refractivity contribution in [2.24, 2.45) is 0 Å². The highest BCUT2D eigenvalue weighted by Gasteiger charge is 2.22. The SMILES string of the molecule is CCCCC/C=C/C/C=C/CCCCCCCC(=O)O.CCCCCCCC/C=C/CCCCCCCC(=O)OC(COC(=O)CCCCCCCCCCCCCCC)COP(=O)([O-])OCC[N+](C)(C)C. The quantitative estimate of drug-likeness (QED) is 0.0205. The van der Waals surface area contributed by atoms with Gasteiger partial charge in [0.15, 0.2) is 6.10 Å². The molecule has 0 heterocycles. The third-order valence-electron chi connectivity index (χ3n) is 12.6. The van der Waals surface area contributed by atoms with E-state index in [-0.39, 0.29) is 32.0 Å². The van der Waals surface area contributed by atoms with Crippen molar-refractivity contribution in [3.8, 4) is 0 Å². The number of rotatable bonds is 53. The van der Waals surface area contributed by atoms with Gasteiger partial charge in [-0.15, -0.1) is 0 Å². The van der Waals surface area contributed by atoms with Crippen molar-refractivity contribution in [1.82, 2.24) is 0 Å². The minimum Gasteiger partial charge on any atom is -0.756 e. The predicted octanol–water partition coefficient (Wildman–Crippen LogP) is 17.1. The number of allylic oxidation sites excluding steroid dienone is 6. The molecule has 2 unspecified atom stereocenters. The van der Waals surface area contributed by atoms with Crippen LogP contribution in [0.3, 0.4) is 0 Å². The molecule has 0 fully saturated rings. The van der Waals surface area contributed by atoms with Crippen LogP contribution in [0, 0.1) is 0 Å². The van der Waals surface area contributed by atoms with Gasteiger partial charge in [-0.25, -0.2) is 0 Å². The Morgan fingerprint density at radius 1 is 0.472 bits per heavy atom. The first-order chi connectivity index (χ1) is 34.8. The number of ether oxygens (including phenoxy) is 2. The van der Waals surface area contributed by atoms with Gasteiger partial charge in [0.2, 0.25) is 0 Å². The number of hydrogen-bond acceptors (Lipinski definition) is 9. The second kappa shape index (κ2) is 54.9. The fourth-order valence-electron chi connectivity index (χ4n) is 7.97. The lowest BCUT2D eigenvalue weighted by molar-refractivity contribution is -0.870. The first kappa shape index (κ1) is 71.8. The number of quaternary nitrogens is 1. The van der Waals surface area contributed by atoms with Gasteiger partial charge in [0.25, 0.3) is 7.82 Å². The number of carbonyl (C=O) groups is 3. The predicted molar refractivity (Wildman–Crippen MR) is 300 cm³/mol. The van der Waals surface area contributed by atoms with E-state index < -0.39 is 32.5 Å². The summed E-state index contributed by atoms with van der Waals surface area (Å²) in [7, 11) is 1.17. The molecule has 0 aliphatic heterocycles. The van der Waals surface area contributed by atoms with Crippen molar-refractivity contribution in [2.75, 3.05) is 47.5 Å². The molecule has 0 aromatic carbocycles. The molecule has 0 rings (SSSR count). The van der Waals surface area contributed by atoms with E-state index in [1.54, 1.807) is 0 Å². The maximum atomic E-state index is 12.6. The number of aliphatic carboxylic acids is 1. The van der Waals surface area contributed by atoms with Gasteiger partial charge in [0.1, 0.15) is 19.8 Å². The zero-order valence-electron chi connectivity index (χ0n) is 47.7. The van der Waals surface area contributed by atoms with Crippen LogP contribution in [0.25, 0.3) is 0 Å². The van der Waals surface area contributed by atoms with Crippen LogP contribution < -0.4 is 4.89 Å². The van der Waals surface area contributed by atoms with Crippen LogP contribution in [0.4, 0.5) is 0 Å². The molecular formula is C60H114NO10P. The van der Waals surface area contributed by atoms with Gasteiger partial charge in [0.05, 0.1) is 27.7 Å². The number of esters is 2. The molecule has 0 aliphatic carbocycles. The molecule has 0 aliphatic rings. The Morgan fingerprint density at radius 2 is 0.819 bits per heavy atom. The number of carboxylic acids is 1. The molecule has 0 amide bonds. The van der Waals surface area contributed by atoms with Crippen LogP contribution >= 0.6 is 7.82 Å². The maximum Gasteiger partial charge on any atom is 0.306 e. The van der Waals surface area contributed by atoms with E-state index in [2.05, 4.69) is 57.2 Å². The Bertz CT molecular complexity index is 1350. The average molecular weight is 1040 g/mol. The summed E-state index contributed by atoms with van der Waals surface area (Å²) >= 11 is 0. The lowest BCUT2D eigenvalue weighted by atomic mass is 10.0. The highest BCUT2D eigenvalue weighted by molar-refractivity contribution is 7.45. The molecule has 0 saturated heterocycles. The summed E-state index contributed by atoms with van der Waals surface area (Å²) in [6.45, 7) is 6.46. The Kier molecular flexibility index (Phi) is 54.8. The molecule has 12 heteroatoms. The minimum absolute atomic E-state index is 0.0294. The summed E-state index contributed by atoms with van der Waals surface area (Å²) < 4.78 is 33.8. The molecule has 1 N–H and O–H groups in total. The largest absolute Gasteiger partial charge is 0.756 e. The zero-order valence-corrected chi connectivity index (χ0v) is 48.6. The van der Waals surface area contributed by atoms with Crippen molar-refractivity contribution in [1.29, 1.82) is 0 Å².